The van der Waals surface area contributed by atoms with Gasteiger partial charge in [-0.15, -0.1) is 0 Å². The number of amides is 1. The molecule has 9 heteroatoms. The molecule has 2 heterocycles. The third kappa shape index (κ3) is 5.69. The van der Waals surface area contributed by atoms with E-state index in [1.165, 1.54) is 11.8 Å². The summed E-state index contributed by atoms with van der Waals surface area (Å²) in [5, 5.41) is 4.27. The van der Waals surface area contributed by atoms with E-state index in [1.807, 2.05) is 31.2 Å². The maximum Gasteiger partial charge on any atom is 0.234 e. The highest BCUT2D eigenvalue weighted by Crippen LogP contribution is 2.31. The first-order valence-electron chi connectivity index (χ1n) is 10.7. The van der Waals surface area contributed by atoms with Crippen molar-refractivity contribution in [3.8, 4) is 5.75 Å². The molecule has 0 radical (unpaired) electrons. The Morgan fingerprint density at radius 3 is 2.61 bits per heavy atom. The van der Waals surface area contributed by atoms with Crippen LogP contribution < -0.4 is 19.9 Å². The second-order valence-corrected chi connectivity index (χ2v) is 9.03. The van der Waals surface area contributed by atoms with Crippen LogP contribution in [0.3, 0.4) is 0 Å². The molecule has 1 saturated heterocycles. The van der Waals surface area contributed by atoms with Gasteiger partial charge in [-0.1, -0.05) is 41.6 Å². The van der Waals surface area contributed by atoms with E-state index in [1.54, 1.807) is 31.6 Å². The van der Waals surface area contributed by atoms with E-state index in [9.17, 15) is 4.79 Å². The third-order valence-corrected chi connectivity index (χ3v) is 6.67. The molecule has 1 aliphatic heterocycles. The molecule has 7 nitrogen and oxygen atoms in total. The van der Waals surface area contributed by atoms with E-state index in [2.05, 4.69) is 31.2 Å². The van der Waals surface area contributed by atoms with Gasteiger partial charge < -0.3 is 19.9 Å². The Morgan fingerprint density at radius 2 is 1.82 bits per heavy atom. The number of aryl methyl sites for hydroxylation is 1. The first kappa shape index (κ1) is 23.2. The summed E-state index contributed by atoms with van der Waals surface area (Å²) in [6.07, 6.45) is 3.36. The zero-order chi connectivity index (χ0) is 23.2. The van der Waals surface area contributed by atoms with Crippen LogP contribution in [0.4, 0.5) is 17.2 Å². The monoisotopic (exact) mass is 483 g/mol. The zero-order valence-electron chi connectivity index (χ0n) is 18.6. The average Bonchev–Trinajstić information content (AvgIpc) is 2.85. The number of hydrogen-bond acceptors (Lipinski definition) is 7. The molecule has 0 saturated carbocycles. The average molecular weight is 484 g/mol. The van der Waals surface area contributed by atoms with Crippen molar-refractivity contribution in [2.45, 2.75) is 11.9 Å². The molecule has 1 N–H and O–H groups in total. The van der Waals surface area contributed by atoms with Crippen LogP contribution in [0.15, 0.2) is 59.9 Å². The van der Waals surface area contributed by atoms with Crippen molar-refractivity contribution in [2.75, 3.05) is 54.2 Å². The van der Waals surface area contributed by atoms with Crippen LogP contribution in [0.5, 0.6) is 5.75 Å². The van der Waals surface area contributed by atoms with E-state index in [0.717, 1.165) is 59.7 Å². The molecular weight excluding hydrogens is 458 g/mol. The number of para-hydroxylation sites is 2. The van der Waals surface area contributed by atoms with Crippen molar-refractivity contribution in [2.24, 2.45) is 0 Å². The standard InChI is InChI=1S/C24H26ClN5O2S/c1-17-7-8-18(25)15-19(17)28-22(31)16-33-24-23(26-9-10-27-24)30-13-11-29(12-14-30)20-5-3-4-6-21(20)32-2/h3-10,15H,11-14,16H2,1-2H3,(H,28,31). The minimum Gasteiger partial charge on any atom is -0.495 e. The van der Waals surface area contributed by atoms with Crippen LogP contribution in [0.25, 0.3) is 0 Å². The van der Waals surface area contributed by atoms with Crippen LogP contribution in [0.1, 0.15) is 5.56 Å². The van der Waals surface area contributed by atoms with Crippen LogP contribution in [0.2, 0.25) is 5.02 Å². The number of ether oxygens (including phenoxy) is 1. The third-order valence-electron chi connectivity index (χ3n) is 5.47. The smallest absolute Gasteiger partial charge is 0.234 e. The Bertz CT molecular complexity index is 1120. The Kier molecular flexibility index (Phi) is 7.57. The Labute approximate surface area is 203 Å². The summed E-state index contributed by atoms with van der Waals surface area (Å²) in [5.41, 5.74) is 2.78. The van der Waals surface area contributed by atoms with Crippen LogP contribution in [0, 0.1) is 6.92 Å². The van der Waals surface area contributed by atoms with Gasteiger partial charge in [-0.3, -0.25) is 4.79 Å². The molecule has 4 rings (SSSR count). The van der Waals surface area contributed by atoms with Gasteiger partial charge in [-0.2, -0.15) is 0 Å². The lowest BCUT2D eigenvalue weighted by Gasteiger charge is -2.37. The fraction of sp³-hybridized carbons (Fsp3) is 0.292. The molecule has 2 aromatic carbocycles. The van der Waals surface area contributed by atoms with Gasteiger partial charge in [0.15, 0.2) is 5.82 Å². The minimum absolute atomic E-state index is 0.108. The molecule has 3 aromatic rings. The van der Waals surface area contributed by atoms with Gasteiger partial charge in [0.05, 0.1) is 18.6 Å². The molecule has 0 spiro atoms. The Balaban J connectivity index is 1.38. The normalized spacial score (nSPS) is 13.7. The Morgan fingerprint density at radius 1 is 1.09 bits per heavy atom. The number of aromatic nitrogens is 2. The van der Waals surface area contributed by atoms with E-state index in [4.69, 9.17) is 16.3 Å². The van der Waals surface area contributed by atoms with Gasteiger partial charge in [0.1, 0.15) is 10.8 Å². The number of anilines is 3. The highest BCUT2D eigenvalue weighted by Gasteiger charge is 2.23. The van der Waals surface area contributed by atoms with Crippen LogP contribution in [-0.2, 0) is 4.79 Å². The second kappa shape index (κ2) is 10.8. The number of halogens is 1. The number of rotatable bonds is 7. The molecular formula is C24H26ClN5O2S. The number of nitrogens with zero attached hydrogens (tertiary/aromatic N) is 4. The van der Waals surface area contributed by atoms with Gasteiger partial charge in [-0.05, 0) is 36.8 Å². The summed E-state index contributed by atoms with van der Waals surface area (Å²) >= 11 is 7.44. The summed E-state index contributed by atoms with van der Waals surface area (Å²) in [5.74, 6) is 1.82. The molecule has 0 bridgehead atoms. The maximum atomic E-state index is 12.5. The minimum atomic E-state index is -0.108. The van der Waals surface area contributed by atoms with Gasteiger partial charge in [0, 0.05) is 49.3 Å². The van der Waals surface area contributed by atoms with E-state index in [0.29, 0.717) is 5.02 Å². The molecule has 0 atom stereocenters. The van der Waals surface area contributed by atoms with Crippen LogP contribution >= 0.6 is 23.4 Å². The van der Waals surface area contributed by atoms with E-state index in [-0.39, 0.29) is 11.7 Å². The lowest BCUT2D eigenvalue weighted by atomic mass is 10.2. The van der Waals surface area contributed by atoms with Gasteiger partial charge in [-0.25, -0.2) is 9.97 Å². The molecule has 1 fully saturated rings. The fourth-order valence-corrected chi connectivity index (χ4v) is 4.69. The first-order chi connectivity index (χ1) is 16.0. The Hall–Kier alpha value is -2.97. The lowest BCUT2D eigenvalue weighted by molar-refractivity contribution is -0.113. The van der Waals surface area contributed by atoms with Crippen molar-refractivity contribution in [3.05, 3.63) is 65.4 Å². The molecule has 172 valence electrons. The van der Waals surface area contributed by atoms with E-state index >= 15 is 0 Å². The summed E-state index contributed by atoms with van der Waals surface area (Å²) in [6.45, 7) is 5.23. The number of piperazine rings is 1. The van der Waals surface area contributed by atoms with Crippen molar-refractivity contribution < 1.29 is 9.53 Å². The predicted molar refractivity (Wildman–Crippen MR) is 135 cm³/mol. The van der Waals surface area contributed by atoms with Gasteiger partial charge in [0.2, 0.25) is 5.91 Å². The topological polar surface area (TPSA) is 70.6 Å². The van der Waals surface area contributed by atoms with E-state index < -0.39 is 0 Å². The number of nitrogens with one attached hydrogen (secondary N) is 1. The molecule has 33 heavy (non-hydrogen) atoms. The SMILES string of the molecule is COc1ccccc1N1CCN(c2nccnc2SCC(=O)Nc2cc(Cl)ccc2C)CC1. The zero-order valence-corrected chi connectivity index (χ0v) is 20.2. The highest BCUT2D eigenvalue weighted by atomic mass is 35.5. The van der Waals surface area contributed by atoms with Crippen molar-refractivity contribution in [3.63, 3.8) is 0 Å². The van der Waals surface area contributed by atoms with Crippen molar-refractivity contribution >= 4 is 46.5 Å². The molecule has 1 aromatic heterocycles. The summed E-state index contributed by atoms with van der Waals surface area (Å²) in [6, 6.07) is 13.5. The summed E-state index contributed by atoms with van der Waals surface area (Å²) < 4.78 is 5.51. The largest absolute Gasteiger partial charge is 0.495 e. The molecule has 0 unspecified atom stereocenters. The van der Waals surface area contributed by atoms with Crippen LogP contribution in [-0.4, -0.2) is 54.9 Å². The first-order valence-corrected chi connectivity index (χ1v) is 12.0. The molecule has 0 aliphatic carbocycles. The number of benzene rings is 2. The number of thioether (sulfide) groups is 1. The van der Waals surface area contributed by atoms with Crippen molar-refractivity contribution in [1.29, 1.82) is 0 Å². The molecule has 1 aliphatic rings. The number of methoxy groups -OCH3 is 1. The lowest BCUT2D eigenvalue weighted by Crippen LogP contribution is -2.47. The number of carbonyl (C=O) groups is 1. The fourth-order valence-electron chi connectivity index (χ4n) is 3.74. The predicted octanol–water partition coefficient (Wildman–Crippen LogP) is 4.50. The number of hydrogen-bond donors (Lipinski definition) is 1. The summed E-state index contributed by atoms with van der Waals surface area (Å²) in [4.78, 5) is 26.1. The van der Waals surface area contributed by atoms with Crippen molar-refractivity contribution in [1.82, 2.24) is 9.97 Å². The highest BCUT2D eigenvalue weighted by molar-refractivity contribution is 8.00. The second-order valence-electron chi connectivity index (χ2n) is 7.63. The summed E-state index contributed by atoms with van der Waals surface area (Å²) in [7, 11) is 1.70. The maximum absolute atomic E-state index is 12.5. The quantitative estimate of drug-likeness (QED) is 0.496. The number of carbonyl (C=O) groups excluding carboxylic acids is 1. The van der Waals surface area contributed by atoms with Gasteiger partial charge in [0.25, 0.3) is 0 Å². The van der Waals surface area contributed by atoms with Gasteiger partial charge >= 0.3 is 0 Å². The molecule has 1 amide bonds.